The Morgan fingerprint density at radius 3 is 2.26 bits per heavy atom. The van der Waals surface area contributed by atoms with Gasteiger partial charge in [0.25, 0.3) is 0 Å². The van der Waals surface area contributed by atoms with Crippen molar-refractivity contribution >= 4 is 23.6 Å². The van der Waals surface area contributed by atoms with Crippen molar-refractivity contribution in [3.8, 4) is 17.2 Å². The number of ether oxygens (including phenoxy) is 3. The molecule has 0 aromatic heterocycles. The van der Waals surface area contributed by atoms with Crippen LogP contribution < -0.4 is 19.5 Å². The van der Waals surface area contributed by atoms with E-state index in [-0.39, 0.29) is 5.91 Å². The van der Waals surface area contributed by atoms with Crippen LogP contribution >= 0.6 is 11.6 Å². The smallest absolute Gasteiger partial charge is 0.244 e. The maximum absolute atomic E-state index is 12.2. The first-order chi connectivity index (χ1) is 12.9. The average Bonchev–Trinajstić information content (AvgIpc) is 2.68. The zero-order valence-corrected chi connectivity index (χ0v) is 16.9. The number of carbonyl (C=O) groups excluding carboxylic acids is 1. The van der Waals surface area contributed by atoms with E-state index >= 15 is 0 Å². The van der Waals surface area contributed by atoms with Gasteiger partial charge in [0.1, 0.15) is 0 Å². The van der Waals surface area contributed by atoms with E-state index in [4.69, 9.17) is 25.8 Å². The maximum atomic E-state index is 12.2. The molecule has 2 rings (SSSR count). The SMILES string of the molecule is COc1cc(CNC(=O)/C=C/c2ccc(C)c(C)c2Cl)cc(OC)c1OC. The van der Waals surface area contributed by atoms with Crippen LogP contribution in [0.2, 0.25) is 5.02 Å². The fraction of sp³-hybridized carbons (Fsp3) is 0.286. The number of methoxy groups -OCH3 is 3. The number of benzene rings is 2. The van der Waals surface area contributed by atoms with Crippen LogP contribution in [0.5, 0.6) is 17.2 Å². The second-order valence-electron chi connectivity index (χ2n) is 6.00. The summed E-state index contributed by atoms with van der Waals surface area (Å²) in [6.45, 7) is 4.28. The summed E-state index contributed by atoms with van der Waals surface area (Å²) in [5.74, 6) is 1.37. The molecular weight excluding hydrogens is 366 g/mol. The fourth-order valence-corrected chi connectivity index (χ4v) is 2.86. The van der Waals surface area contributed by atoms with Crippen LogP contribution in [0.3, 0.4) is 0 Å². The van der Waals surface area contributed by atoms with Gasteiger partial charge in [-0.25, -0.2) is 0 Å². The predicted molar refractivity (Wildman–Crippen MR) is 108 cm³/mol. The summed E-state index contributed by atoms with van der Waals surface area (Å²) in [7, 11) is 4.65. The van der Waals surface area contributed by atoms with Gasteiger partial charge in [0.05, 0.1) is 26.4 Å². The van der Waals surface area contributed by atoms with Gasteiger partial charge in [-0.1, -0.05) is 23.7 Å². The first-order valence-corrected chi connectivity index (χ1v) is 8.79. The van der Waals surface area contributed by atoms with Gasteiger partial charge in [-0.15, -0.1) is 0 Å². The lowest BCUT2D eigenvalue weighted by molar-refractivity contribution is -0.116. The molecule has 1 amide bonds. The molecule has 144 valence electrons. The van der Waals surface area contributed by atoms with E-state index in [1.165, 1.54) is 6.08 Å². The molecule has 0 radical (unpaired) electrons. The molecule has 0 fully saturated rings. The highest BCUT2D eigenvalue weighted by Crippen LogP contribution is 2.38. The van der Waals surface area contributed by atoms with Gasteiger partial charge >= 0.3 is 0 Å². The second kappa shape index (κ2) is 9.33. The van der Waals surface area contributed by atoms with E-state index in [9.17, 15) is 4.79 Å². The van der Waals surface area contributed by atoms with Crippen LogP contribution in [0.1, 0.15) is 22.3 Å². The molecule has 27 heavy (non-hydrogen) atoms. The Hall–Kier alpha value is -2.66. The zero-order chi connectivity index (χ0) is 20.0. The van der Waals surface area contributed by atoms with E-state index in [0.717, 1.165) is 22.3 Å². The van der Waals surface area contributed by atoms with Crippen LogP contribution in [-0.4, -0.2) is 27.2 Å². The van der Waals surface area contributed by atoms with Crippen molar-refractivity contribution in [1.29, 1.82) is 0 Å². The van der Waals surface area contributed by atoms with Crippen molar-refractivity contribution in [2.24, 2.45) is 0 Å². The van der Waals surface area contributed by atoms with Crippen molar-refractivity contribution in [2.45, 2.75) is 20.4 Å². The summed E-state index contributed by atoms with van der Waals surface area (Å²) >= 11 is 6.33. The molecule has 0 atom stereocenters. The Balaban J connectivity index is 2.08. The summed E-state index contributed by atoms with van der Waals surface area (Å²) in [4.78, 5) is 12.2. The third-order valence-corrected chi connectivity index (χ3v) is 4.79. The third kappa shape index (κ3) is 4.95. The Labute approximate surface area is 164 Å². The highest BCUT2D eigenvalue weighted by Gasteiger charge is 2.13. The number of hydrogen-bond acceptors (Lipinski definition) is 4. The molecule has 0 saturated heterocycles. The van der Waals surface area contributed by atoms with E-state index in [1.54, 1.807) is 39.5 Å². The predicted octanol–water partition coefficient (Wildman–Crippen LogP) is 4.31. The lowest BCUT2D eigenvalue weighted by Crippen LogP contribution is -2.20. The summed E-state index contributed by atoms with van der Waals surface area (Å²) in [5, 5.41) is 3.49. The van der Waals surface area contributed by atoms with Gasteiger partial charge < -0.3 is 19.5 Å². The van der Waals surface area contributed by atoms with Crippen molar-refractivity contribution in [2.75, 3.05) is 21.3 Å². The molecule has 0 aliphatic carbocycles. The van der Waals surface area contributed by atoms with Gasteiger partial charge in [-0.3, -0.25) is 4.79 Å². The molecule has 6 heteroatoms. The third-order valence-electron chi connectivity index (χ3n) is 4.29. The van der Waals surface area contributed by atoms with Crippen LogP contribution in [0, 0.1) is 13.8 Å². The number of amides is 1. The minimum atomic E-state index is -0.224. The molecule has 0 heterocycles. The number of rotatable bonds is 7. The molecule has 2 aromatic carbocycles. The lowest BCUT2D eigenvalue weighted by atomic mass is 10.1. The molecule has 0 spiro atoms. The van der Waals surface area contributed by atoms with E-state index < -0.39 is 0 Å². The van der Waals surface area contributed by atoms with Crippen molar-refractivity contribution in [3.05, 3.63) is 57.6 Å². The molecular formula is C21H24ClNO4. The van der Waals surface area contributed by atoms with E-state index in [1.807, 2.05) is 26.0 Å². The van der Waals surface area contributed by atoms with Crippen LogP contribution in [-0.2, 0) is 11.3 Å². The molecule has 0 aliphatic rings. The highest BCUT2D eigenvalue weighted by molar-refractivity contribution is 6.33. The van der Waals surface area contributed by atoms with Gasteiger partial charge in [0.2, 0.25) is 11.7 Å². The molecule has 2 aromatic rings. The Morgan fingerprint density at radius 1 is 1.07 bits per heavy atom. The van der Waals surface area contributed by atoms with Crippen LogP contribution in [0.4, 0.5) is 0 Å². The number of halogens is 1. The molecule has 0 saturated carbocycles. The first kappa shape index (κ1) is 20.6. The van der Waals surface area contributed by atoms with E-state index in [0.29, 0.717) is 28.8 Å². The number of aryl methyl sites for hydroxylation is 1. The number of carbonyl (C=O) groups is 1. The maximum Gasteiger partial charge on any atom is 0.244 e. The standard InChI is InChI=1S/C21H24ClNO4/c1-13-6-7-16(20(22)14(13)2)8-9-19(24)23-12-15-10-17(25-3)21(27-5)18(11-15)26-4/h6-11H,12H2,1-5H3,(H,23,24)/b9-8+. The molecule has 0 unspecified atom stereocenters. The minimum absolute atomic E-state index is 0.224. The molecule has 0 bridgehead atoms. The lowest BCUT2D eigenvalue weighted by Gasteiger charge is -2.14. The van der Waals surface area contributed by atoms with Gasteiger partial charge in [-0.2, -0.15) is 0 Å². The fourth-order valence-electron chi connectivity index (χ4n) is 2.58. The van der Waals surface area contributed by atoms with E-state index in [2.05, 4.69) is 5.32 Å². The summed E-state index contributed by atoms with van der Waals surface area (Å²) < 4.78 is 15.9. The monoisotopic (exact) mass is 389 g/mol. The summed E-state index contributed by atoms with van der Waals surface area (Å²) in [6, 6.07) is 7.47. The quantitative estimate of drug-likeness (QED) is 0.717. The summed E-state index contributed by atoms with van der Waals surface area (Å²) in [6.07, 6.45) is 3.17. The minimum Gasteiger partial charge on any atom is -0.493 e. The number of nitrogens with one attached hydrogen (secondary N) is 1. The molecule has 1 N–H and O–H groups in total. The topological polar surface area (TPSA) is 56.8 Å². The normalized spacial score (nSPS) is 10.7. The van der Waals surface area contributed by atoms with Gasteiger partial charge in [-0.05, 0) is 54.3 Å². The van der Waals surface area contributed by atoms with Gasteiger partial charge in [0, 0.05) is 12.6 Å². The van der Waals surface area contributed by atoms with Crippen LogP contribution in [0.15, 0.2) is 30.3 Å². The molecule has 5 nitrogen and oxygen atoms in total. The second-order valence-corrected chi connectivity index (χ2v) is 6.37. The first-order valence-electron chi connectivity index (χ1n) is 8.41. The van der Waals surface area contributed by atoms with Crippen molar-refractivity contribution in [3.63, 3.8) is 0 Å². The largest absolute Gasteiger partial charge is 0.493 e. The average molecular weight is 390 g/mol. The van der Waals surface area contributed by atoms with Gasteiger partial charge in [0.15, 0.2) is 11.5 Å². The number of hydrogen-bond donors (Lipinski definition) is 1. The Morgan fingerprint density at radius 2 is 1.70 bits per heavy atom. The zero-order valence-electron chi connectivity index (χ0n) is 16.2. The summed E-state index contributed by atoms with van der Waals surface area (Å²) in [5.41, 5.74) is 3.76. The molecule has 0 aliphatic heterocycles. The van der Waals surface area contributed by atoms with Crippen LogP contribution in [0.25, 0.3) is 6.08 Å². The van der Waals surface area contributed by atoms with Crippen molar-refractivity contribution in [1.82, 2.24) is 5.32 Å². The highest BCUT2D eigenvalue weighted by atomic mass is 35.5. The Bertz CT molecular complexity index is 836. The Kier molecular flexibility index (Phi) is 7.13. The van der Waals surface area contributed by atoms with Crippen molar-refractivity contribution < 1.29 is 19.0 Å².